The van der Waals surface area contributed by atoms with E-state index in [2.05, 4.69) is 10.3 Å². The maximum absolute atomic E-state index is 13.1. The highest BCUT2D eigenvalue weighted by Crippen LogP contribution is 2.24. The number of anilines is 1. The largest absolute Gasteiger partial charge is 0.462 e. The van der Waals surface area contributed by atoms with E-state index in [1.54, 1.807) is 13.8 Å². The number of amides is 1. The molecule has 0 radical (unpaired) electrons. The van der Waals surface area contributed by atoms with Crippen LogP contribution in [0.5, 0.6) is 0 Å². The van der Waals surface area contributed by atoms with Gasteiger partial charge in [0.15, 0.2) is 5.13 Å². The van der Waals surface area contributed by atoms with Gasteiger partial charge in [0.1, 0.15) is 4.88 Å². The van der Waals surface area contributed by atoms with Crippen LogP contribution in [0.3, 0.4) is 0 Å². The second-order valence-electron chi connectivity index (χ2n) is 8.24. The number of hydrogen-bond donors (Lipinski definition) is 1. The smallest absolute Gasteiger partial charge is 0.350 e. The summed E-state index contributed by atoms with van der Waals surface area (Å²) in [5, 5.41) is 2.92. The van der Waals surface area contributed by atoms with Gasteiger partial charge in [-0.15, -0.1) is 0 Å². The third-order valence-corrected chi connectivity index (χ3v) is 7.27. The number of esters is 1. The molecule has 1 aromatic heterocycles. The highest BCUT2D eigenvalue weighted by Gasteiger charge is 2.26. The number of hydrogen-bond acceptors (Lipinski definition) is 7. The number of carbonyl (C=O) groups is 2. The number of aryl methyl sites for hydroxylation is 1. The minimum atomic E-state index is -3.67. The molecule has 0 aliphatic rings. The summed E-state index contributed by atoms with van der Waals surface area (Å²) in [7, 11) is -3.67. The summed E-state index contributed by atoms with van der Waals surface area (Å²) in [4.78, 5) is 29.2. The average Bonchev–Trinajstić information content (AvgIpc) is 3.07. The van der Waals surface area contributed by atoms with E-state index < -0.39 is 21.9 Å². The van der Waals surface area contributed by atoms with E-state index in [4.69, 9.17) is 4.74 Å². The molecular formula is C22H31N3O5S2. The van der Waals surface area contributed by atoms with Crippen LogP contribution in [0.15, 0.2) is 29.2 Å². The van der Waals surface area contributed by atoms with Gasteiger partial charge < -0.3 is 4.74 Å². The summed E-state index contributed by atoms with van der Waals surface area (Å²) in [6.45, 7) is 12.4. The molecule has 0 saturated heterocycles. The molecule has 1 N–H and O–H groups in total. The third kappa shape index (κ3) is 6.60. The Morgan fingerprint density at radius 1 is 1.09 bits per heavy atom. The van der Waals surface area contributed by atoms with Crippen LogP contribution in [0.2, 0.25) is 0 Å². The molecular weight excluding hydrogens is 450 g/mol. The van der Waals surface area contributed by atoms with Crippen molar-refractivity contribution in [2.45, 2.75) is 46.4 Å². The number of benzene rings is 1. The Bertz CT molecular complexity index is 1030. The van der Waals surface area contributed by atoms with Gasteiger partial charge in [-0.25, -0.2) is 18.2 Å². The predicted molar refractivity (Wildman–Crippen MR) is 126 cm³/mol. The lowest BCUT2D eigenvalue weighted by Crippen LogP contribution is -2.37. The molecule has 0 fully saturated rings. The Hall–Kier alpha value is -2.30. The fraction of sp³-hybridized carbons (Fsp3) is 0.500. The van der Waals surface area contributed by atoms with Crippen LogP contribution in [0.1, 0.15) is 60.3 Å². The molecule has 1 heterocycles. The maximum Gasteiger partial charge on any atom is 0.350 e. The number of ether oxygens (including phenoxy) is 1. The van der Waals surface area contributed by atoms with Crippen molar-refractivity contribution in [1.29, 1.82) is 0 Å². The number of thiazole rings is 1. The van der Waals surface area contributed by atoms with E-state index in [1.165, 1.54) is 28.6 Å². The molecule has 0 aliphatic carbocycles. The van der Waals surface area contributed by atoms with Gasteiger partial charge in [0.25, 0.3) is 5.91 Å². The van der Waals surface area contributed by atoms with Gasteiger partial charge in [-0.1, -0.05) is 39.0 Å². The number of nitrogens with one attached hydrogen (secondary N) is 1. The normalized spacial score (nSPS) is 11.9. The Morgan fingerprint density at radius 2 is 1.66 bits per heavy atom. The van der Waals surface area contributed by atoms with E-state index >= 15 is 0 Å². The van der Waals surface area contributed by atoms with E-state index in [0.717, 1.165) is 11.3 Å². The topological polar surface area (TPSA) is 106 Å². The molecule has 32 heavy (non-hydrogen) atoms. The summed E-state index contributed by atoms with van der Waals surface area (Å²) >= 11 is 1.03. The first-order valence-corrected chi connectivity index (χ1v) is 12.8. The van der Waals surface area contributed by atoms with Crippen LogP contribution in [0, 0.1) is 18.8 Å². The Balaban J connectivity index is 2.18. The lowest BCUT2D eigenvalue weighted by atomic mass is 10.2. The van der Waals surface area contributed by atoms with Gasteiger partial charge in [-0.2, -0.15) is 4.31 Å². The lowest BCUT2D eigenvalue weighted by Gasteiger charge is -2.25. The maximum atomic E-state index is 13.1. The number of nitrogens with zero attached hydrogens (tertiary/aromatic N) is 2. The highest BCUT2D eigenvalue weighted by atomic mass is 32.2. The van der Waals surface area contributed by atoms with Crippen molar-refractivity contribution >= 4 is 38.4 Å². The standard InChI is InChI=1S/C22H31N3O5S2/c1-7-30-21(27)19-16(6)23-22(31-19)24-20(26)17-8-10-18(11-9-17)32(28,29)25(12-14(2)3)13-15(4)5/h8-11,14-15H,7,12-13H2,1-6H3,(H,23,24,26). The molecule has 1 amide bonds. The molecule has 10 heteroatoms. The highest BCUT2D eigenvalue weighted by molar-refractivity contribution is 7.89. The van der Waals surface area contributed by atoms with Gasteiger partial charge in [0, 0.05) is 18.7 Å². The molecule has 0 unspecified atom stereocenters. The fourth-order valence-corrected chi connectivity index (χ4v) is 5.64. The molecule has 176 valence electrons. The average molecular weight is 482 g/mol. The zero-order valence-corrected chi connectivity index (χ0v) is 21.0. The second-order valence-corrected chi connectivity index (χ2v) is 11.2. The first-order chi connectivity index (χ1) is 14.9. The van der Waals surface area contributed by atoms with Crippen LogP contribution in [0.4, 0.5) is 5.13 Å². The van der Waals surface area contributed by atoms with Crippen molar-refractivity contribution in [3.05, 3.63) is 40.4 Å². The quantitative estimate of drug-likeness (QED) is 0.510. The van der Waals surface area contributed by atoms with E-state index in [1.807, 2.05) is 27.7 Å². The van der Waals surface area contributed by atoms with E-state index in [9.17, 15) is 18.0 Å². The van der Waals surface area contributed by atoms with Crippen molar-refractivity contribution in [2.24, 2.45) is 11.8 Å². The van der Waals surface area contributed by atoms with Crippen LogP contribution >= 0.6 is 11.3 Å². The van der Waals surface area contributed by atoms with Crippen LogP contribution in [-0.4, -0.2) is 49.3 Å². The van der Waals surface area contributed by atoms with Crippen molar-refractivity contribution < 1.29 is 22.7 Å². The second kappa shape index (κ2) is 11.0. The number of carbonyl (C=O) groups excluding carboxylic acids is 2. The minimum absolute atomic E-state index is 0.144. The van der Waals surface area contributed by atoms with Gasteiger partial charge in [0.05, 0.1) is 17.2 Å². The van der Waals surface area contributed by atoms with Crippen molar-refractivity contribution in [3.8, 4) is 0 Å². The molecule has 8 nitrogen and oxygen atoms in total. The Labute approximate surface area is 194 Å². The van der Waals surface area contributed by atoms with Gasteiger partial charge in [0.2, 0.25) is 10.0 Å². The van der Waals surface area contributed by atoms with Crippen molar-refractivity contribution in [2.75, 3.05) is 25.0 Å². The van der Waals surface area contributed by atoms with Crippen molar-refractivity contribution in [3.63, 3.8) is 0 Å². The third-order valence-electron chi connectivity index (χ3n) is 4.37. The minimum Gasteiger partial charge on any atom is -0.462 e. The van der Waals surface area contributed by atoms with Crippen LogP contribution in [-0.2, 0) is 14.8 Å². The zero-order chi connectivity index (χ0) is 24.1. The van der Waals surface area contributed by atoms with Crippen LogP contribution in [0.25, 0.3) is 0 Å². The summed E-state index contributed by atoms with van der Waals surface area (Å²) in [6, 6.07) is 5.82. The van der Waals surface area contributed by atoms with Crippen molar-refractivity contribution in [1.82, 2.24) is 9.29 Å². The monoisotopic (exact) mass is 481 g/mol. The number of rotatable bonds is 10. The SMILES string of the molecule is CCOC(=O)c1sc(NC(=O)c2ccc(S(=O)(=O)N(CC(C)C)CC(C)C)cc2)nc1C. The first kappa shape index (κ1) is 26.0. The van der Waals surface area contributed by atoms with Gasteiger partial charge >= 0.3 is 5.97 Å². The lowest BCUT2D eigenvalue weighted by molar-refractivity contribution is 0.0531. The molecule has 0 bridgehead atoms. The fourth-order valence-electron chi connectivity index (χ4n) is 3.02. The molecule has 2 rings (SSSR count). The van der Waals surface area contributed by atoms with E-state index in [-0.39, 0.29) is 34.0 Å². The molecule has 0 aliphatic heterocycles. The Kier molecular flexibility index (Phi) is 8.94. The molecule has 1 aromatic carbocycles. The summed E-state index contributed by atoms with van der Waals surface area (Å²) in [5.41, 5.74) is 0.759. The molecule has 0 spiro atoms. The number of sulfonamides is 1. The predicted octanol–water partition coefficient (Wildman–Crippen LogP) is 4.18. The first-order valence-electron chi connectivity index (χ1n) is 10.5. The van der Waals surface area contributed by atoms with Crippen LogP contribution < -0.4 is 5.32 Å². The zero-order valence-electron chi connectivity index (χ0n) is 19.3. The van der Waals surface area contributed by atoms with Gasteiger partial charge in [-0.05, 0) is 49.9 Å². The molecule has 0 atom stereocenters. The van der Waals surface area contributed by atoms with E-state index in [0.29, 0.717) is 23.7 Å². The summed E-state index contributed by atoms with van der Waals surface area (Å²) < 4.78 is 32.7. The summed E-state index contributed by atoms with van der Waals surface area (Å²) in [5.74, 6) is -0.547. The molecule has 2 aromatic rings. The van der Waals surface area contributed by atoms with Gasteiger partial charge in [-0.3, -0.25) is 10.1 Å². The number of aromatic nitrogens is 1. The summed E-state index contributed by atoms with van der Waals surface area (Å²) in [6.07, 6.45) is 0. The molecule has 0 saturated carbocycles. The Morgan fingerprint density at radius 3 is 2.16 bits per heavy atom.